The number of fused-ring (bicyclic) bond motifs is 1. The van der Waals surface area contributed by atoms with E-state index in [1.165, 1.54) is 6.07 Å². The Morgan fingerprint density at radius 2 is 2.04 bits per heavy atom. The predicted molar refractivity (Wildman–Crippen MR) is 97.2 cm³/mol. The molecule has 0 unspecified atom stereocenters. The molecule has 1 heterocycles. The molecule has 1 amide bonds. The van der Waals surface area contributed by atoms with Gasteiger partial charge < -0.3 is 14.8 Å². The minimum Gasteiger partial charge on any atom is -0.461 e. The van der Waals surface area contributed by atoms with Gasteiger partial charge in [0, 0.05) is 11.6 Å². The predicted octanol–water partition coefficient (Wildman–Crippen LogP) is 3.05. The van der Waals surface area contributed by atoms with Crippen LogP contribution in [0.15, 0.2) is 18.2 Å². The summed E-state index contributed by atoms with van der Waals surface area (Å²) in [5, 5.41) is 3.26. The minimum absolute atomic E-state index is 0.00733. The number of halogens is 3. The van der Waals surface area contributed by atoms with Gasteiger partial charge in [-0.15, -0.1) is 0 Å². The average Bonchev–Trinajstić information content (AvgIpc) is 3.20. The minimum atomic E-state index is -0.562. The van der Waals surface area contributed by atoms with Gasteiger partial charge in [-0.05, 0) is 30.5 Å². The summed E-state index contributed by atoms with van der Waals surface area (Å²) in [6.07, 6.45) is 0.603. The molecule has 1 aliphatic heterocycles. The Balaban J connectivity index is 1.36. The van der Waals surface area contributed by atoms with E-state index in [9.17, 15) is 14.4 Å². The topological polar surface area (TPSA) is 81.7 Å². The zero-order valence-electron chi connectivity index (χ0n) is 13.3. The second-order valence-corrected chi connectivity index (χ2v) is 8.62. The van der Waals surface area contributed by atoms with Crippen LogP contribution in [0.1, 0.15) is 6.42 Å². The van der Waals surface area contributed by atoms with Crippen LogP contribution in [0.4, 0.5) is 5.69 Å². The third-order valence-electron chi connectivity index (χ3n) is 5.34. The van der Waals surface area contributed by atoms with Crippen molar-refractivity contribution in [1.29, 1.82) is 0 Å². The van der Waals surface area contributed by atoms with Gasteiger partial charge in [-0.3, -0.25) is 14.4 Å². The first-order chi connectivity index (χ1) is 12.4. The second-order valence-electron chi connectivity index (χ2n) is 6.75. The molecule has 0 radical (unpaired) electrons. The number of anilines is 1. The average molecular weight is 463 g/mol. The fraction of sp³-hybridized carbons (Fsp3) is 0.471. The van der Waals surface area contributed by atoms with E-state index in [1.807, 2.05) is 0 Å². The zero-order valence-corrected chi connectivity index (χ0v) is 16.4. The third-order valence-corrected chi connectivity index (χ3v) is 7.28. The Labute approximate surface area is 167 Å². The van der Waals surface area contributed by atoms with Crippen molar-refractivity contribution in [3.8, 4) is 0 Å². The summed E-state index contributed by atoms with van der Waals surface area (Å²) in [5.74, 6) is -2.34. The molecule has 2 aliphatic carbocycles. The fourth-order valence-electron chi connectivity index (χ4n) is 4.30. The van der Waals surface area contributed by atoms with Gasteiger partial charge in [-0.25, -0.2) is 0 Å². The van der Waals surface area contributed by atoms with Gasteiger partial charge in [-0.1, -0.05) is 39.1 Å². The smallest absolute Gasteiger partial charge is 0.310 e. The Morgan fingerprint density at radius 3 is 2.77 bits per heavy atom. The Kier molecular flexibility index (Phi) is 4.65. The monoisotopic (exact) mass is 461 g/mol. The molecule has 1 aromatic rings. The van der Waals surface area contributed by atoms with E-state index >= 15 is 0 Å². The molecule has 4 rings (SSSR count). The number of hydrogen-bond acceptors (Lipinski definition) is 5. The highest BCUT2D eigenvalue weighted by Crippen LogP contribution is 2.60. The maximum Gasteiger partial charge on any atom is 0.310 e. The van der Waals surface area contributed by atoms with Crippen molar-refractivity contribution in [1.82, 2.24) is 0 Å². The van der Waals surface area contributed by atoms with Crippen molar-refractivity contribution < 1.29 is 23.9 Å². The normalized spacial score (nSPS) is 33.9. The van der Waals surface area contributed by atoms with Crippen molar-refractivity contribution in [2.24, 2.45) is 23.7 Å². The molecule has 1 aromatic carbocycles. The lowest BCUT2D eigenvalue weighted by atomic mass is 9.80. The molecule has 26 heavy (non-hydrogen) atoms. The van der Waals surface area contributed by atoms with Crippen LogP contribution >= 0.6 is 39.1 Å². The van der Waals surface area contributed by atoms with E-state index in [0.717, 1.165) is 6.42 Å². The van der Waals surface area contributed by atoms with Gasteiger partial charge >= 0.3 is 11.9 Å². The zero-order chi connectivity index (χ0) is 18.6. The Morgan fingerprint density at radius 1 is 1.27 bits per heavy atom. The lowest BCUT2D eigenvalue weighted by Crippen LogP contribution is -2.39. The van der Waals surface area contributed by atoms with E-state index in [1.54, 1.807) is 12.1 Å². The molecule has 6 atom stereocenters. The lowest BCUT2D eigenvalue weighted by Gasteiger charge is -2.26. The summed E-state index contributed by atoms with van der Waals surface area (Å²) in [6, 6.07) is 4.65. The highest BCUT2D eigenvalue weighted by Gasteiger charge is 2.68. The maximum absolute atomic E-state index is 12.5. The van der Waals surface area contributed by atoms with Crippen molar-refractivity contribution in [3.63, 3.8) is 0 Å². The molecule has 1 N–H and O–H groups in total. The summed E-state index contributed by atoms with van der Waals surface area (Å²) in [6.45, 7) is -0.439. The molecule has 9 heteroatoms. The van der Waals surface area contributed by atoms with Crippen molar-refractivity contribution >= 4 is 62.7 Å². The first kappa shape index (κ1) is 18.1. The van der Waals surface area contributed by atoms with Gasteiger partial charge in [0.05, 0.1) is 26.7 Å². The summed E-state index contributed by atoms with van der Waals surface area (Å²) in [5.41, 5.74) is 0.447. The van der Waals surface area contributed by atoms with E-state index in [-0.39, 0.29) is 28.7 Å². The SMILES string of the molecule is O=C(COC(=O)[C@@H]1[C@H]2C[C@H]3[C@H](OC(=O)[C@H]31)[C@H]2Br)Nc1ccc(Cl)c(Cl)c1. The molecule has 0 spiro atoms. The summed E-state index contributed by atoms with van der Waals surface area (Å²) in [7, 11) is 0. The third kappa shape index (κ3) is 2.90. The summed E-state index contributed by atoms with van der Waals surface area (Å²) >= 11 is 15.2. The first-order valence-electron chi connectivity index (χ1n) is 8.13. The van der Waals surface area contributed by atoms with Gasteiger partial charge in [-0.2, -0.15) is 0 Å². The maximum atomic E-state index is 12.5. The largest absolute Gasteiger partial charge is 0.461 e. The molecule has 1 saturated heterocycles. The van der Waals surface area contributed by atoms with Gasteiger partial charge in [0.25, 0.3) is 5.91 Å². The summed E-state index contributed by atoms with van der Waals surface area (Å²) < 4.78 is 10.5. The molecule has 3 aliphatic rings. The second kappa shape index (κ2) is 6.69. The van der Waals surface area contributed by atoms with Gasteiger partial charge in [0.1, 0.15) is 6.10 Å². The Hall–Kier alpha value is -1.31. The van der Waals surface area contributed by atoms with Gasteiger partial charge in [0.15, 0.2) is 6.61 Å². The number of benzene rings is 1. The van der Waals surface area contributed by atoms with Crippen LogP contribution in [0.25, 0.3) is 0 Å². The van der Waals surface area contributed by atoms with E-state index in [2.05, 4.69) is 21.2 Å². The number of esters is 2. The number of ether oxygens (including phenoxy) is 2. The van der Waals surface area contributed by atoms with Crippen LogP contribution < -0.4 is 5.32 Å². The molecule has 2 bridgehead atoms. The number of carbonyl (C=O) groups excluding carboxylic acids is 3. The molecular weight excluding hydrogens is 449 g/mol. The van der Waals surface area contributed by atoms with Crippen LogP contribution in [-0.2, 0) is 23.9 Å². The summed E-state index contributed by atoms with van der Waals surface area (Å²) in [4.78, 5) is 36.5. The molecule has 0 aromatic heterocycles. The fourth-order valence-corrected chi connectivity index (χ4v) is 5.64. The molecule has 6 nitrogen and oxygen atoms in total. The van der Waals surface area contributed by atoms with Gasteiger partial charge in [0.2, 0.25) is 0 Å². The molecule has 3 fully saturated rings. The van der Waals surface area contributed by atoms with Crippen LogP contribution in [0.3, 0.4) is 0 Å². The van der Waals surface area contributed by atoms with E-state index < -0.39 is 30.3 Å². The highest BCUT2D eigenvalue weighted by molar-refractivity contribution is 9.09. The van der Waals surface area contributed by atoms with E-state index in [4.69, 9.17) is 32.7 Å². The Bertz CT molecular complexity index is 803. The number of alkyl halides is 1. The van der Waals surface area contributed by atoms with Crippen LogP contribution in [0.2, 0.25) is 10.0 Å². The standard InChI is InChI=1S/C17H14BrCl2NO5/c18-14-7-4-8-13(17(24)26-15(8)14)12(7)16(23)25-5-11(22)21-6-1-2-9(19)10(20)3-6/h1-3,7-8,12-15H,4-5H2,(H,21,22)/t7-,8-,12-,13-,14+,15+/m1/s1. The molecule has 2 saturated carbocycles. The number of amides is 1. The number of nitrogens with one attached hydrogen (secondary N) is 1. The van der Waals surface area contributed by atoms with Crippen LogP contribution in [0, 0.1) is 23.7 Å². The van der Waals surface area contributed by atoms with Crippen molar-refractivity contribution in [2.45, 2.75) is 17.4 Å². The van der Waals surface area contributed by atoms with E-state index in [0.29, 0.717) is 15.7 Å². The molecule has 138 valence electrons. The van der Waals surface area contributed by atoms with Crippen molar-refractivity contribution in [3.05, 3.63) is 28.2 Å². The first-order valence-corrected chi connectivity index (χ1v) is 9.80. The number of carbonyl (C=O) groups is 3. The highest BCUT2D eigenvalue weighted by atomic mass is 79.9. The number of rotatable bonds is 4. The quantitative estimate of drug-likeness (QED) is 0.549. The van der Waals surface area contributed by atoms with Crippen LogP contribution in [0.5, 0.6) is 0 Å². The lowest BCUT2D eigenvalue weighted by molar-refractivity contribution is -0.157. The van der Waals surface area contributed by atoms with Crippen LogP contribution in [-0.4, -0.2) is 35.4 Å². The number of hydrogen-bond donors (Lipinski definition) is 1. The molecular formula is C17H14BrCl2NO5. The van der Waals surface area contributed by atoms with Crippen molar-refractivity contribution in [2.75, 3.05) is 11.9 Å².